The molecule has 4 nitrogen and oxygen atoms in total. The lowest BCUT2D eigenvalue weighted by Crippen LogP contribution is -1.89. The van der Waals surface area contributed by atoms with Crippen molar-refractivity contribution in [2.45, 2.75) is 6.61 Å². The van der Waals surface area contributed by atoms with E-state index < -0.39 is 0 Å². The quantitative estimate of drug-likeness (QED) is 0.375. The maximum atomic E-state index is 11.0. The van der Waals surface area contributed by atoms with E-state index in [4.69, 9.17) is 9.78 Å². The number of aldehydes is 1. The smallest absolute Gasteiger partial charge is 0.178 e. The van der Waals surface area contributed by atoms with Gasteiger partial charge in [-0.2, -0.15) is 4.89 Å². The van der Waals surface area contributed by atoms with Crippen LogP contribution in [0.25, 0.3) is 33.0 Å². The van der Waals surface area contributed by atoms with Gasteiger partial charge in [0.15, 0.2) is 5.75 Å². The third-order valence-electron chi connectivity index (χ3n) is 4.83. The summed E-state index contributed by atoms with van der Waals surface area (Å²) in [4.78, 5) is 25.8. The van der Waals surface area contributed by atoms with Crippen molar-refractivity contribution in [2.75, 3.05) is 0 Å². The monoisotopic (exact) mass is 353 g/mol. The molecule has 0 unspecified atom stereocenters. The van der Waals surface area contributed by atoms with Crippen LogP contribution in [0.1, 0.15) is 15.9 Å². The molecule has 27 heavy (non-hydrogen) atoms. The van der Waals surface area contributed by atoms with Crippen molar-refractivity contribution in [1.82, 2.24) is 4.98 Å². The molecule has 0 N–H and O–H groups in total. The second-order valence-electron chi connectivity index (χ2n) is 6.54. The Kier molecular flexibility index (Phi) is 3.69. The third-order valence-corrected chi connectivity index (χ3v) is 4.83. The molecule has 0 bridgehead atoms. The number of pyridine rings is 1. The molecule has 1 aliphatic heterocycles. The molecule has 0 fully saturated rings. The number of rotatable bonds is 3. The molecule has 0 aliphatic carbocycles. The van der Waals surface area contributed by atoms with Crippen molar-refractivity contribution in [3.05, 3.63) is 84.2 Å². The summed E-state index contributed by atoms with van der Waals surface area (Å²) < 4.78 is 0. The Morgan fingerprint density at radius 3 is 2.63 bits per heavy atom. The van der Waals surface area contributed by atoms with Crippen LogP contribution in [-0.2, 0) is 11.5 Å². The van der Waals surface area contributed by atoms with Gasteiger partial charge < -0.3 is 4.89 Å². The second-order valence-corrected chi connectivity index (χ2v) is 6.54. The summed E-state index contributed by atoms with van der Waals surface area (Å²) in [5, 5.41) is 2.14. The molecule has 130 valence electrons. The molecule has 0 radical (unpaired) electrons. The van der Waals surface area contributed by atoms with Gasteiger partial charge in [0, 0.05) is 34.6 Å². The van der Waals surface area contributed by atoms with Gasteiger partial charge in [-0.15, -0.1) is 0 Å². The predicted molar refractivity (Wildman–Crippen MR) is 103 cm³/mol. The van der Waals surface area contributed by atoms with E-state index in [1.165, 1.54) is 0 Å². The molecule has 0 atom stereocenters. The van der Waals surface area contributed by atoms with Gasteiger partial charge in [-0.25, -0.2) is 0 Å². The topological polar surface area (TPSA) is 48.4 Å². The Morgan fingerprint density at radius 2 is 1.78 bits per heavy atom. The van der Waals surface area contributed by atoms with E-state index in [9.17, 15) is 4.79 Å². The van der Waals surface area contributed by atoms with E-state index >= 15 is 0 Å². The lowest BCUT2D eigenvalue weighted by Gasteiger charge is -2.11. The summed E-state index contributed by atoms with van der Waals surface area (Å²) in [7, 11) is 0. The van der Waals surface area contributed by atoms with Crippen LogP contribution < -0.4 is 4.89 Å². The normalized spacial score (nSPS) is 12.6. The molecule has 3 aromatic carbocycles. The first-order valence-electron chi connectivity index (χ1n) is 8.68. The zero-order chi connectivity index (χ0) is 18.2. The summed E-state index contributed by atoms with van der Waals surface area (Å²) in [6.45, 7) is 0.423. The number of fused-ring (bicyclic) bond motifs is 2. The molecule has 4 aromatic rings. The summed E-state index contributed by atoms with van der Waals surface area (Å²) in [5.74, 6) is 0.753. The minimum absolute atomic E-state index is 0.423. The second kappa shape index (κ2) is 6.34. The first-order chi connectivity index (χ1) is 13.3. The van der Waals surface area contributed by atoms with Crippen LogP contribution in [0.2, 0.25) is 0 Å². The zero-order valence-electron chi connectivity index (χ0n) is 14.4. The molecular formula is C23H15NO3. The first-order valence-corrected chi connectivity index (χ1v) is 8.68. The predicted octanol–water partition coefficient (Wildman–Crippen LogP) is 5.21. The summed E-state index contributed by atoms with van der Waals surface area (Å²) >= 11 is 0. The highest BCUT2D eigenvalue weighted by Gasteiger charge is 2.21. The highest BCUT2D eigenvalue weighted by atomic mass is 17.2. The van der Waals surface area contributed by atoms with Gasteiger partial charge in [-0.3, -0.25) is 9.78 Å². The van der Waals surface area contributed by atoms with Crippen molar-refractivity contribution >= 4 is 17.1 Å². The van der Waals surface area contributed by atoms with Gasteiger partial charge in [0.2, 0.25) is 0 Å². The van der Waals surface area contributed by atoms with Gasteiger partial charge >= 0.3 is 0 Å². The van der Waals surface area contributed by atoms with Crippen molar-refractivity contribution in [3.8, 4) is 28.0 Å². The van der Waals surface area contributed by atoms with Crippen LogP contribution in [-0.4, -0.2) is 11.3 Å². The number of nitrogens with zero attached hydrogens (tertiary/aromatic N) is 1. The zero-order valence-corrected chi connectivity index (χ0v) is 14.4. The van der Waals surface area contributed by atoms with E-state index in [1.54, 1.807) is 6.20 Å². The van der Waals surface area contributed by atoms with Gasteiger partial charge in [0.1, 0.15) is 12.9 Å². The van der Waals surface area contributed by atoms with Gasteiger partial charge in [0.25, 0.3) is 0 Å². The molecule has 1 aromatic heterocycles. The summed E-state index contributed by atoms with van der Waals surface area (Å²) in [6.07, 6.45) is 4.44. The third kappa shape index (κ3) is 2.76. The Hall–Kier alpha value is -3.50. The van der Waals surface area contributed by atoms with E-state index in [2.05, 4.69) is 29.2 Å². The van der Waals surface area contributed by atoms with Crippen LogP contribution in [0.4, 0.5) is 0 Å². The fraction of sp³-hybridized carbons (Fsp3) is 0.0435. The molecule has 1 aliphatic rings. The number of hydrogen-bond acceptors (Lipinski definition) is 4. The van der Waals surface area contributed by atoms with Crippen molar-refractivity contribution in [1.29, 1.82) is 0 Å². The minimum atomic E-state index is 0.423. The van der Waals surface area contributed by atoms with Crippen LogP contribution in [0, 0.1) is 0 Å². The fourth-order valence-corrected chi connectivity index (χ4v) is 3.47. The van der Waals surface area contributed by atoms with Crippen LogP contribution in [0.5, 0.6) is 5.75 Å². The minimum Gasteiger partial charge on any atom is -0.336 e. The van der Waals surface area contributed by atoms with Crippen LogP contribution in [0.3, 0.4) is 0 Å². The van der Waals surface area contributed by atoms with Crippen LogP contribution >= 0.6 is 0 Å². The number of hydrogen-bond donors (Lipinski definition) is 0. The molecule has 0 saturated carbocycles. The molecule has 2 heterocycles. The highest BCUT2D eigenvalue weighted by molar-refractivity contribution is 5.92. The maximum Gasteiger partial charge on any atom is 0.178 e. The number of benzene rings is 3. The first kappa shape index (κ1) is 15.7. The average Bonchev–Trinajstić information content (AvgIpc) is 3.21. The van der Waals surface area contributed by atoms with Crippen molar-refractivity contribution < 1.29 is 14.6 Å². The maximum absolute atomic E-state index is 11.0. The Morgan fingerprint density at radius 1 is 0.889 bits per heavy atom. The Balaban J connectivity index is 1.67. The van der Waals surface area contributed by atoms with Crippen molar-refractivity contribution in [2.24, 2.45) is 0 Å². The molecule has 0 spiro atoms. The largest absolute Gasteiger partial charge is 0.336 e. The summed E-state index contributed by atoms with van der Waals surface area (Å²) in [6, 6.07) is 20.1. The average molecular weight is 353 g/mol. The number of carbonyl (C=O) groups is 1. The summed E-state index contributed by atoms with van der Waals surface area (Å²) in [5.41, 5.74) is 5.83. The van der Waals surface area contributed by atoms with E-state index in [-0.39, 0.29) is 0 Å². The van der Waals surface area contributed by atoms with Crippen LogP contribution in [0.15, 0.2) is 73.1 Å². The van der Waals surface area contributed by atoms with E-state index in [1.807, 2.05) is 42.6 Å². The molecule has 5 rings (SSSR count). The lowest BCUT2D eigenvalue weighted by molar-refractivity contribution is -0.194. The van der Waals surface area contributed by atoms with E-state index in [0.29, 0.717) is 12.2 Å². The standard InChI is InChI=1S/C23H15NO3/c25-13-15-3-4-17-9-18(6-5-16(17)8-15)20-10-21-14-26-27-23(21)22(11-20)19-2-1-7-24-12-19/h1-13H,14H2. The Bertz CT molecular complexity index is 1170. The SMILES string of the molecule is O=Cc1ccc2cc(-c3cc4c(c(-c5cccnc5)c3)OOC4)ccc2c1. The highest BCUT2D eigenvalue weighted by Crippen LogP contribution is 2.41. The number of carbonyl (C=O) groups excluding carboxylic acids is 1. The molecular weight excluding hydrogens is 338 g/mol. The van der Waals surface area contributed by atoms with E-state index in [0.717, 1.165) is 50.6 Å². The van der Waals surface area contributed by atoms with Gasteiger partial charge in [0.05, 0.1) is 0 Å². The van der Waals surface area contributed by atoms with Gasteiger partial charge in [-0.1, -0.05) is 30.3 Å². The van der Waals surface area contributed by atoms with Crippen molar-refractivity contribution in [3.63, 3.8) is 0 Å². The Labute approximate surface area is 155 Å². The molecule has 0 amide bonds. The number of aromatic nitrogens is 1. The lowest BCUT2D eigenvalue weighted by atomic mass is 9.94. The molecule has 0 saturated heterocycles. The molecule has 4 heteroatoms. The van der Waals surface area contributed by atoms with Gasteiger partial charge in [-0.05, 0) is 52.2 Å². The fourth-order valence-electron chi connectivity index (χ4n) is 3.47.